The van der Waals surface area contributed by atoms with Crippen LogP contribution in [0.4, 0.5) is 0 Å². The molecule has 1 N–H and O–H groups in total. The predicted octanol–water partition coefficient (Wildman–Crippen LogP) is 3.95. The summed E-state index contributed by atoms with van der Waals surface area (Å²) in [6, 6.07) is 1.12. The number of nitrogens with zero attached hydrogens (tertiary/aromatic N) is 2. The van der Waals surface area contributed by atoms with Crippen LogP contribution in [0.15, 0.2) is 0 Å². The van der Waals surface area contributed by atoms with Crippen molar-refractivity contribution in [1.82, 2.24) is 9.88 Å². The first-order valence-corrected chi connectivity index (χ1v) is 8.82. The quantitative estimate of drug-likeness (QED) is 0.864. The van der Waals surface area contributed by atoms with E-state index in [4.69, 9.17) is 0 Å². The van der Waals surface area contributed by atoms with Crippen molar-refractivity contribution in [2.24, 2.45) is 0 Å². The van der Waals surface area contributed by atoms with Gasteiger partial charge < -0.3 is 5.11 Å². The Balaban J connectivity index is 2.14. The maximum Gasteiger partial charge on any atom is 0.347 e. The zero-order valence-corrected chi connectivity index (χ0v) is 14.1. The summed E-state index contributed by atoms with van der Waals surface area (Å²) in [4.78, 5) is 18.9. The summed E-state index contributed by atoms with van der Waals surface area (Å²) in [6.07, 6.45) is 6.58. The summed E-state index contributed by atoms with van der Waals surface area (Å²) >= 11 is 1.36. The van der Waals surface area contributed by atoms with Crippen LogP contribution < -0.4 is 0 Å². The Hall–Kier alpha value is -0.940. The summed E-state index contributed by atoms with van der Waals surface area (Å²) in [5.41, 5.74) is 0.779. The first-order valence-electron chi connectivity index (χ1n) is 8.00. The molecule has 0 aliphatic carbocycles. The minimum Gasteiger partial charge on any atom is -0.477 e. The number of thiazole rings is 1. The number of rotatable bonds is 6. The molecule has 0 aromatic carbocycles. The monoisotopic (exact) mass is 310 g/mol. The number of likely N-dealkylation sites (tertiary alicyclic amines) is 1. The molecule has 5 heteroatoms. The summed E-state index contributed by atoms with van der Waals surface area (Å²) in [7, 11) is 0. The van der Waals surface area contributed by atoms with Crippen molar-refractivity contribution in [3.05, 3.63) is 15.6 Å². The van der Waals surface area contributed by atoms with Gasteiger partial charge in [-0.3, -0.25) is 4.90 Å². The van der Waals surface area contributed by atoms with Gasteiger partial charge in [-0.15, -0.1) is 11.3 Å². The Labute approximate surface area is 131 Å². The van der Waals surface area contributed by atoms with Crippen LogP contribution in [-0.4, -0.2) is 33.0 Å². The fraction of sp³-hybridized carbons (Fsp3) is 0.750. The van der Waals surface area contributed by atoms with E-state index >= 15 is 0 Å². The highest BCUT2D eigenvalue weighted by Gasteiger charge is 2.26. The van der Waals surface area contributed by atoms with E-state index < -0.39 is 5.97 Å². The number of aromatic carboxylic acids is 1. The molecule has 1 aliphatic heterocycles. The van der Waals surface area contributed by atoms with Crippen molar-refractivity contribution in [2.75, 3.05) is 0 Å². The Bertz CT molecular complexity index is 477. The number of hydrogen-bond acceptors (Lipinski definition) is 4. The van der Waals surface area contributed by atoms with Crippen LogP contribution in [0.5, 0.6) is 0 Å². The van der Waals surface area contributed by atoms with Gasteiger partial charge in [0.2, 0.25) is 0 Å². The van der Waals surface area contributed by atoms with E-state index in [1.54, 1.807) is 0 Å². The van der Waals surface area contributed by atoms with Gasteiger partial charge in [0.15, 0.2) is 0 Å². The molecule has 1 aromatic heterocycles. The van der Waals surface area contributed by atoms with Crippen LogP contribution >= 0.6 is 11.3 Å². The highest BCUT2D eigenvalue weighted by atomic mass is 32.1. The average molecular weight is 310 g/mol. The first-order chi connectivity index (χ1) is 10.0. The summed E-state index contributed by atoms with van der Waals surface area (Å²) < 4.78 is 0. The summed E-state index contributed by atoms with van der Waals surface area (Å²) in [6.45, 7) is 7.43. The average Bonchev–Trinajstić information content (AvgIpc) is 2.84. The fourth-order valence-electron chi connectivity index (χ4n) is 3.09. The molecule has 21 heavy (non-hydrogen) atoms. The number of aryl methyl sites for hydroxylation is 1. The third-order valence-electron chi connectivity index (χ3n) is 4.40. The molecule has 0 spiro atoms. The molecule has 118 valence electrons. The molecular weight excluding hydrogens is 284 g/mol. The standard InChI is InChI=1S/C16H26N2O2S/c1-4-5-9-13-15(16(19)20)21-14(17-13)10-18-11(2)7-6-8-12(18)3/h11-12H,4-10H2,1-3H3,(H,19,20). The lowest BCUT2D eigenvalue weighted by molar-refractivity contribution is 0.0700. The first kappa shape index (κ1) is 16.4. The number of hydrogen-bond donors (Lipinski definition) is 1. The van der Waals surface area contributed by atoms with E-state index in [-0.39, 0.29) is 0 Å². The van der Waals surface area contributed by atoms with E-state index in [9.17, 15) is 9.90 Å². The SMILES string of the molecule is CCCCc1nc(CN2C(C)CCCC2C)sc1C(=O)O. The molecular formula is C16H26N2O2S. The number of carboxylic acid groups (broad SMARTS) is 1. The predicted molar refractivity (Wildman–Crippen MR) is 86.0 cm³/mol. The molecule has 1 aliphatic rings. The minimum atomic E-state index is -0.829. The zero-order valence-electron chi connectivity index (χ0n) is 13.3. The Kier molecular flexibility index (Phi) is 5.76. The third-order valence-corrected chi connectivity index (χ3v) is 5.47. The zero-order chi connectivity index (χ0) is 15.4. The molecule has 0 amide bonds. The Morgan fingerprint density at radius 2 is 2.05 bits per heavy atom. The Morgan fingerprint density at radius 1 is 1.38 bits per heavy atom. The van der Waals surface area contributed by atoms with Gasteiger partial charge in [-0.2, -0.15) is 0 Å². The Morgan fingerprint density at radius 3 is 2.62 bits per heavy atom. The van der Waals surface area contributed by atoms with E-state index in [0.29, 0.717) is 17.0 Å². The van der Waals surface area contributed by atoms with Gasteiger partial charge in [-0.05, 0) is 39.5 Å². The van der Waals surface area contributed by atoms with E-state index in [1.807, 2.05) is 0 Å². The maximum atomic E-state index is 11.4. The van der Waals surface area contributed by atoms with Crippen LogP contribution in [0.25, 0.3) is 0 Å². The smallest absolute Gasteiger partial charge is 0.347 e. The number of carbonyl (C=O) groups is 1. The number of unbranched alkanes of at least 4 members (excludes halogenated alkanes) is 1. The van der Waals surface area contributed by atoms with Crippen molar-refractivity contribution in [3.63, 3.8) is 0 Å². The highest BCUT2D eigenvalue weighted by Crippen LogP contribution is 2.27. The molecule has 0 saturated carbocycles. The molecule has 0 radical (unpaired) electrons. The van der Waals surface area contributed by atoms with Gasteiger partial charge in [-0.25, -0.2) is 9.78 Å². The minimum absolute atomic E-state index is 0.441. The van der Waals surface area contributed by atoms with Crippen LogP contribution in [0.2, 0.25) is 0 Å². The second-order valence-corrected chi connectivity index (χ2v) is 7.18. The van der Waals surface area contributed by atoms with E-state index in [0.717, 1.165) is 36.5 Å². The molecule has 1 saturated heterocycles. The van der Waals surface area contributed by atoms with Crippen LogP contribution in [0.3, 0.4) is 0 Å². The topological polar surface area (TPSA) is 53.4 Å². The lowest BCUT2D eigenvalue weighted by Crippen LogP contribution is -2.42. The maximum absolute atomic E-state index is 11.4. The van der Waals surface area contributed by atoms with Gasteiger partial charge >= 0.3 is 5.97 Å². The normalized spacial score (nSPS) is 23.4. The van der Waals surface area contributed by atoms with Crippen molar-refractivity contribution in [1.29, 1.82) is 0 Å². The fourth-order valence-corrected chi connectivity index (χ4v) is 4.05. The van der Waals surface area contributed by atoms with Crippen molar-refractivity contribution < 1.29 is 9.90 Å². The van der Waals surface area contributed by atoms with Crippen molar-refractivity contribution in [2.45, 2.75) is 77.9 Å². The van der Waals surface area contributed by atoms with Gasteiger partial charge in [0.25, 0.3) is 0 Å². The summed E-state index contributed by atoms with van der Waals surface area (Å²) in [5, 5.41) is 10.3. The van der Waals surface area contributed by atoms with Gasteiger partial charge in [0.1, 0.15) is 9.88 Å². The molecule has 2 unspecified atom stereocenters. The lowest BCUT2D eigenvalue weighted by Gasteiger charge is -2.38. The molecule has 1 fully saturated rings. The second kappa shape index (κ2) is 7.36. The largest absolute Gasteiger partial charge is 0.477 e. The van der Waals surface area contributed by atoms with Crippen molar-refractivity contribution >= 4 is 17.3 Å². The number of carboxylic acids is 1. The van der Waals surface area contributed by atoms with Crippen LogP contribution in [0, 0.1) is 0 Å². The van der Waals surface area contributed by atoms with Gasteiger partial charge in [-0.1, -0.05) is 19.8 Å². The number of piperidine rings is 1. The third kappa shape index (κ3) is 4.04. The van der Waals surface area contributed by atoms with Gasteiger partial charge in [0.05, 0.1) is 12.2 Å². The molecule has 2 heterocycles. The van der Waals surface area contributed by atoms with E-state index in [2.05, 4.69) is 30.7 Å². The molecule has 2 atom stereocenters. The number of aromatic nitrogens is 1. The van der Waals surface area contributed by atoms with Crippen LogP contribution in [-0.2, 0) is 13.0 Å². The highest BCUT2D eigenvalue weighted by molar-refractivity contribution is 7.13. The molecule has 0 bridgehead atoms. The van der Waals surface area contributed by atoms with Crippen LogP contribution in [0.1, 0.15) is 73.2 Å². The van der Waals surface area contributed by atoms with E-state index in [1.165, 1.54) is 30.6 Å². The molecule has 4 nitrogen and oxygen atoms in total. The molecule has 1 aromatic rings. The van der Waals surface area contributed by atoms with Gasteiger partial charge in [0, 0.05) is 12.1 Å². The van der Waals surface area contributed by atoms with Crippen molar-refractivity contribution in [3.8, 4) is 0 Å². The molecule has 2 rings (SSSR count). The summed E-state index contributed by atoms with van der Waals surface area (Å²) in [5.74, 6) is -0.829. The second-order valence-electron chi connectivity index (χ2n) is 6.09. The lowest BCUT2D eigenvalue weighted by atomic mass is 9.98.